The first-order valence-electron chi connectivity index (χ1n) is 9.55. The number of amides is 2. The van der Waals surface area contributed by atoms with Crippen LogP contribution in [0.15, 0.2) is 54.7 Å². The third-order valence-corrected chi connectivity index (χ3v) is 5.13. The van der Waals surface area contributed by atoms with Crippen molar-refractivity contribution in [3.8, 4) is 5.69 Å². The van der Waals surface area contributed by atoms with Crippen molar-refractivity contribution in [2.75, 3.05) is 18.4 Å². The van der Waals surface area contributed by atoms with E-state index in [0.717, 1.165) is 25.9 Å². The predicted molar refractivity (Wildman–Crippen MR) is 108 cm³/mol. The van der Waals surface area contributed by atoms with E-state index in [2.05, 4.69) is 10.4 Å². The number of nitrogens with zero attached hydrogens (tertiary/aromatic N) is 3. The number of hydrogen-bond acceptors (Lipinski definition) is 3. The number of rotatable bonds is 4. The Labute approximate surface area is 167 Å². The van der Waals surface area contributed by atoms with Crippen molar-refractivity contribution in [3.05, 3.63) is 77.4 Å². The number of nitrogens with one attached hydrogen (secondary N) is 1. The van der Waals surface area contributed by atoms with Gasteiger partial charge < -0.3 is 10.2 Å². The molecule has 1 aliphatic rings. The van der Waals surface area contributed by atoms with Crippen molar-refractivity contribution >= 4 is 17.5 Å². The van der Waals surface area contributed by atoms with Crippen LogP contribution in [0, 0.1) is 12.7 Å². The molecule has 0 bridgehead atoms. The maximum atomic E-state index is 13.9. The Morgan fingerprint density at radius 2 is 1.79 bits per heavy atom. The molecule has 148 valence electrons. The molecule has 0 spiro atoms. The number of likely N-dealkylation sites (tertiary alicyclic amines) is 1. The van der Waals surface area contributed by atoms with Crippen LogP contribution >= 0.6 is 0 Å². The van der Waals surface area contributed by atoms with Gasteiger partial charge in [0.15, 0.2) is 5.69 Å². The number of carbonyl (C=O) groups is 2. The number of aromatic nitrogens is 2. The van der Waals surface area contributed by atoms with Crippen molar-refractivity contribution in [1.82, 2.24) is 14.7 Å². The fraction of sp³-hybridized carbons (Fsp3) is 0.227. The van der Waals surface area contributed by atoms with E-state index in [0.29, 0.717) is 16.8 Å². The van der Waals surface area contributed by atoms with Gasteiger partial charge in [0.25, 0.3) is 11.8 Å². The monoisotopic (exact) mass is 392 g/mol. The van der Waals surface area contributed by atoms with E-state index in [1.165, 1.54) is 23.0 Å². The van der Waals surface area contributed by atoms with E-state index in [-0.39, 0.29) is 17.3 Å². The highest BCUT2D eigenvalue weighted by molar-refractivity contribution is 6.05. The fourth-order valence-corrected chi connectivity index (χ4v) is 3.50. The predicted octanol–water partition coefficient (Wildman–Crippen LogP) is 3.81. The molecule has 2 aromatic carbocycles. The minimum Gasteiger partial charge on any atom is -0.339 e. The molecule has 2 heterocycles. The van der Waals surface area contributed by atoms with Crippen LogP contribution in [-0.2, 0) is 0 Å². The van der Waals surface area contributed by atoms with Crippen molar-refractivity contribution in [3.63, 3.8) is 0 Å². The Morgan fingerprint density at radius 1 is 1.03 bits per heavy atom. The lowest BCUT2D eigenvalue weighted by Gasteiger charge is -2.18. The van der Waals surface area contributed by atoms with Gasteiger partial charge in [0, 0.05) is 30.5 Å². The van der Waals surface area contributed by atoms with Gasteiger partial charge in [0.05, 0.1) is 0 Å². The summed E-state index contributed by atoms with van der Waals surface area (Å²) in [6, 6.07) is 13.0. The van der Waals surface area contributed by atoms with Crippen molar-refractivity contribution in [1.29, 1.82) is 0 Å². The Balaban J connectivity index is 1.54. The van der Waals surface area contributed by atoms with E-state index in [1.807, 2.05) is 11.8 Å². The van der Waals surface area contributed by atoms with Crippen molar-refractivity contribution in [2.45, 2.75) is 19.8 Å². The van der Waals surface area contributed by atoms with Gasteiger partial charge in [0.1, 0.15) is 11.5 Å². The molecule has 0 unspecified atom stereocenters. The molecule has 6 nitrogen and oxygen atoms in total. The third-order valence-electron chi connectivity index (χ3n) is 5.13. The third kappa shape index (κ3) is 3.76. The lowest BCUT2D eigenvalue weighted by molar-refractivity contribution is 0.0791. The van der Waals surface area contributed by atoms with Gasteiger partial charge >= 0.3 is 0 Å². The van der Waals surface area contributed by atoms with Gasteiger partial charge in [-0.3, -0.25) is 9.59 Å². The quantitative estimate of drug-likeness (QED) is 0.734. The molecule has 2 amide bonds. The SMILES string of the molecule is Cc1c(NC(=O)c2ccn(-c3ccccc3F)n2)cccc1C(=O)N1CCCC1. The molecule has 4 rings (SSSR count). The standard InChI is InChI=1S/C22H21FN4O2/c1-15-16(22(29)26-12-4-5-13-26)7-6-9-18(15)24-21(28)19-11-14-27(25-19)20-10-3-2-8-17(20)23/h2-3,6-11,14H,4-5,12-13H2,1H3,(H,24,28). The molecule has 1 aromatic heterocycles. The largest absolute Gasteiger partial charge is 0.339 e. The molecule has 0 atom stereocenters. The molecule has 3 aromatic rings. The Hall–Kier alpha value is -3.48. The number of halogens is 1. The van der Waals surface area contributed by atoms with E-state index < -0.39 is 11.7 Å². The number of hydrogen-bond donors (Lipinski definition) is 1. The Bertz CT molecular complexity index is 1070. The van der Waals surface area contributed by atoms with E-state index >= 15 is 0 Å². The Kier molecular flexibility index (Phi) is 5.12. The van der Waals surface area contributed by atoms with Gasteiger partial charge in [-0.2, -0.15) is 5.10 Å². The highest BCUT2D eigenvalue weighted by Crippen LogP contribution is 2.23. The van der Waals surface area contributed by atoms with Crippen LogP contribution in [0.1, 0.15) is 39.3 Å². The van der Waals surface area contributed by atoms with Gasteiger partial charge in [-0.15, -0.1) is 0 Å². The first-order chi connectivity index (χ1) is 14.0. The zero-order chi connectivity index (χ0) is 20.4. The van der Waals surface area contributed by atoms with Crippen molar-refractivity contribution in [2.24, 2.45) is 0 Å². The van der Waals surface area contributed by atoms with Gasteiger partial charge in [0.2, 0.25) is 0 Å². The van der Waals surface area contributed by atoms with Crippen LogP contribution in [-0.4, -0.2) is 39.6 Å². The molecular formula is C22H21FN4O2. The first kappa shape index (κ1) is 18.9. The van der Waals surface area contributed by atoms with Crippen LogP contribution < -0.4 is 5.32 Å². The van der Waals surface area contributed by atoms with Gasteiger partial charge in [-0.05, 0) is 55.7 Å². The summed E-state index contributed by atoms with van der Waals surface area (Å²) in [5, 5.41) is 6.99. The number of anilines is 1. The topological polar surface area (TPSA) is 67.2 Å². The molecule has 0 aliphatic carbocycles. The molecule has 1 saturated heterocycles. The van der Waals surface area contributed by atoms with E-state index in [1.54, 1.807) is 36.4 Å². The van der Waals surface area contributed by atoms with Crippen LogP contribution in [0.25, 0.3) is 5.69 Å². The summed E-state index contributed by atoms with van der Waals surface area (Å²) in [7, 11) is 0. The summed E-state index contributed by atoms with van der Waals surface area (Å²) in [6.45, 7) is 3.35. The smallest absolute Gasteiger partial charge is 0.276 e. The second kappa shape index (κ2) is 7.87. The highest BCUT2D eigenvalue weighted by atomic mass is 19.1. The van der Waals surface area contributed by atoms with Crippen LogP contribution in [0.2, 0.25) is 0 Å². The first-order valence-corrected chi connectivity index (χ1v) is 9.55. The molecule has 7 heteroatoms. The molecule has 0 saturated carbocycles. The second-order valence-corrected chi connectivity index (χ2v) is 7.03. The van der Waals surface area contributed by atoms with Gasteiger partial charge in [-0.1, -0.05) is 18.2 Å². The molecule has 1 N–H and O–H groups in total. The van der Waals surface area contributed by atoms with Gasteiger partial charge in [-0.25, -0.2) is 9.07 Å². The second-order valence-electron chi connectivity index (χ2n) is 7.03. The zero-order valence-corrected chi connectivity index (χ0v) is 16.1. The molecular weight excluding hydrogens is 371 g/mol. The average molecular weight is 392 g/mol. The molecule has 0 radical (unpaired) electrons. The summed E-state index contributed by atoms with van der Waals surface area (Å²) in [5.41, 5.74) is 2.28. The lowest BCUT2D eigenvalue weighted by atomic mass is 10.1. The number of para-hydroxylation sites is 1. The minimum atomic E-state index is -0.425. The van der Waals surface area contributed by atoms with Crippen molar-refractivity contribution < 1.29 is 14.0 Å². The van der Waals surface area contributed by atoms with Crippen LogP contribution in [0.4, 0.5) is 10.1 Å². The highest BCUT2D eigenvalue weighted by Gasteiger charge is 2.22. The Morgan fingerprint density at radius 3 is 2.55 bits per heavy atom. The molecule has 1 aliphatic heterocycles. The molecule has 1 fully saturated rings. The summed E-state index contributed by atoms with van der Waals surface area (Å²) < 4.78 is 15.3. The number of benzene rings is 2. The zero-order valence-electron chi connectivity index (χ0n) is 16.1. The number of carbonyl (C=O) groups excluding carboxylic acids is 2. The lowest BCUT2D eigenvalue weighted by Crippen LogP contribution is -2.28. The molecule has 29 heavy (non-hydrogen) atoms. The van der Waals surface area contributed by atoms with Crippen LogP contribution in [0.3, 0.4) is 0 Å². The maximum absolute atomic E-state index is 13.9. The maximum Gasteiger partial charge on any atom is 0.276 e. The average Bonchev–Trinajstić information content (AvgIpc) is 3.42. The summed E-state index contributed by atoms with van der Waals surface area (Å²) in [6.07, 6.45) is 3.57. The van der Waals surface area contributed by atoms with E-state index in [4.69, 9.17) is 0 Å². The summed E-state index contributed by atoms with van der Waals surface area (Å²) in [4.78, 5) is 27.2. The fourth-order valence-electron chi connectivity index (χ4n) is 3.50. The van der Waals surface area contributed by atoms with E-state index in [9.17, 15) is 14.0 Å². The normalized spacial score (nSPS) is 13.5. The minimum absolute atomic E-state index is 0.0140. The van der Waals surface area contributed by atoms with Crippen LogP contribution in [0.5, 0.6) is 0 Å². The summed E-state index contributed by atoms with van der Waals surface area (Å²) >= 11 is 0. The summed E-state index contributed by atoms with van der Waals surface area (Å²) in [5.74, 6) is -0.861.